The third-order valence-corrected chi connectivity index (χ3v) is 5.71. The Kier molecular flexibility index (Phi) is 7.23. The molecule has 1 amide bonds. The van der Waals surface area contributed by atoms with Gasteiger partial charge in [0.05, 0.1) is 5.41 Å². The van der Waals surface area contributed by atoms with E-state index in [1.54, 1.807) is 26.0 Å². The highest BCUT2D eigenvalue weighted by atomic mass is 16.5. The van der Waals surface area contributed by atoms with Gasteiger partial charge in [0.2, 0.25) is 5.91 Å². The lowest BCUT2D eigenvalue weighted by Crippen LogP contribution is -2.26. The van der Waals surface area contributed by atoms with E-state index in [-0.39, 0.29) is 18.1 Å². The zero-order valence-corrected chi connectivity index (χ0v) is 18.0. The summed E-state index contributed by atoms with van der Waals surface area (Å²) in [6, 6.07) is 14.7. The number of anilines is 1. The van der Waals surface area contributed by atoms with Crippen molar-refractivity contribution in [2.45, 2.75) is 39.5 Å². The molecule has 164 valence electrons. The average Bonchev–Trinajstić information content (AvgIpc) is 2.74. The summed E-state index contributed by atoms with van der Waals surface area (Å²) in [6.07, 6.45) is 2.32. The van der Waals surface area contributed by atoms with Crippen LogP contribution in [0.15, 0.2) is 48.5 Å². The van der Waals surface area contributed by atoms with Crippen LogP contribution in [0.2, 0.25) is 0 Å². The van der Waals surface area contributed by atoms with Crippen LogP contribution in [0.4, 0.5) is 5.69 Å². The second-order valence-corrected chi connectivity index (χ2v) is 8.75. The summed E-state index contributed by atoms with van der Waals surface area (Å²) in [5, 5.41) is 12.2. The van der Waals surface area contributed by atoms with Crippen LogP contribution in [-0.4, -0.2) is 36.0 Å². The first-order valence-electron chi connectivity index (χ1n) is 10.6. The van der Waals surface area contributed by atoms with E-state index < -0.39 is 11.4 Å². The number of aliphatic carboxylic acids is 1. The van der Waals surface area contributed by atoms with E-state index in [2.05, 4.69) is 5.32 Å². The molecule has 0 atom stereocenters. The zero-order chi connectivity index (χ0) is 22.4. The molecule has 1 aliphatic heterocycles. The maximum Gasteiger partial charge on any atom is 0.309 e. The highest BCUT2D eigenvalue weighted by Gasteiger charge is 2.30. The standard InChI is InChI=1S/C25H29NO5/c1-25(2,24(29)30)16-22(27)20-5-3-18(4-6-20)19-7-9-21(10-8-19)26-23(28)15-17-11-13-31-14-12-17/h3-10,17H,11-16H2,1-2H3,(H,26,28)(H,29,30). The summed E-state index contributed by atoms with van der Waals surface area (Å²) in [7, 11) is 0. The smallest absolute Gasteiger partial charge is 0.309 e. The molecule has 1 fully saturated rings. The highest BCUT2D eigenvalue weighted by Crippen LogP contribution is 2.26. The first kappa shape index (κ1) is 22.7. The molecule has 0 unspecified atom stereocenters. The topological polar surface area (TPSA) is 92.7 Å². The molecule has 1 saturated heterocycles. The van der Waals surface area contributed by atoms with Gasteiger partial charge >= 0.3 is 5.97 Å². The van der Waals surface area contributed by atoms with Gasteiger partial charge in [-0.25, -0.2) is 0 Å². The Labute approximate surface area is 182 Å². The average molecular weight is 424 g/mol. The van der Waals surface area contributed by atoms with E-state index >= 15 is 0 Å². The predicted molar refractivity (Wildman–Crippen MR) is 119 cm³/mol. The Morgan fingerprint density at radius 1 is 0.968 bits per heavy atom. The molecule has 1 aliphatic rings. The maximum absolute atomic E-state index is 12.4. The number of ether oxygens (including phenoxy) is 1. The van der Waals surface area contributed by atoms with E-state index in [0.29, 0.717) is 17.9 Å². The van der Waals surface area contributed by atoms with Crippen molar-refractivity contribution >= 4 is 23.3 Å². The molecular formula is C25H29NO5. The summed E-state index contributed by atoms with van der Waals surface area (Å²) in [6.45, 7) is 4.56. The van der Waals surface area contributed by atoms with Crippen LogP contribution < -0.4 is 5.32 Å². The number of carboxylic acid groups (broad SMARTS) is 1. The number of amides is 1. The molecule has 2 N–H and O–H groups in total. The molecule has 0 aromatic heterocycles. The number of Topliss-reactive ketones (excluding diaryl/α,β-unsaturated/α-hetero) is 1. The van der Waals surface area contributed by atoms with Crippen LogP contribution in [0.25, 0.3) is 11.1 Å². The monoisotopic (exact) mass is 423 g/mol. The van der Waals surface area contributed by atoms with Crippen LogP contribution in [0.1, 0.15) is 49.9 Å². The third kappa shape index (κ3) is 6.25. The lowest BCUT2D eigenvalue weighted by molar-refractivity contribution is -0.146. The number of hydrogen-bond acceptors (Lipinski definition) is 4. The number of benzene rings is 2. The van der Waals surface area contributed by atoms with Crippen molar-refractivity contribution in [1.82, 2.24) is 0 Å². The summed E-state index contributed by atoms with van der Waals surface area (Å²) in [5.74, 6) is -0.777. The Morgan fingerprint density at radius 3 is 2.06 bits per heavy atom. The van der Waals surface area contributed by atoms with Crippen LogP contribution in [0.5, 0.6) is 0 Å². The van der Waals surface area contributed by atoms with Crippen molar-refractivity contribution in [3.05, 3.63) is 54.1 Å². The van der Waals surface area contributed by atoms with Crippen molar-refractivity contribution in [2.75, 3.05) is 18.5 Å². The molecule has 6 nitrogen and oxygen atoms in total. The van der Waals surface area contributed by atoms with Gasteiger partial charge < -0.3 is 15.2 Å². The molecule has 0 saturated carbocycles. The molecule has 0 spiro atoms. The second kappa shape index (κ2) is 9.88. The lowest BCUT2D eigenvalue weighted by Gasteiger charge is -2.21. The number of rotatable bonds is 8. The number of ketones is 1. The van der Waals surface area contributed by atoms with E-state index in [0.717, 1.165) is 42.9 Å². The van der Waals surface area contributed by atoms with E-state index in [1.807, 2.05) is 36.4 Å². The van der Waals surface area contributed by atoms with Gasteiger partial charge in [-0.05, 0) is 55.9 Å². The van der Waals surface area contributed by atoms with E-state index in [4.69, 9.17) is 4.74 Å². The zero-order valence-electron chi connectivity index (χ0n) is 18.0. The number of hydrogen-bond donors (Lipinski definition) is 2. The Bertz CT molecular complexity index is 925. The van der Waals surface area contributed by atoms with Crippen molar-refractivity contribution in [3.63, 3.8) is 0 Å². The van der Waals surface area contributed by atoms with Gasteiger partial charge in [-0.3, -0.25) is 14.4 Å². The third-order valence-electron chi connectivity index (χ3n) is 5.71. The fourth-order valence-electron chi connectivity index (χ4n) is 3.60. The normalized spacial score (nSPS) is 14.8. The largest absolute Gasteiger partial charge is 0.481 e. The molecular weight excluding hydrogens is 394 g/mol. The molecule has 0 aliphatic carbocycles. The second-order valence-electron chi connectivity index (χ2n) is 8.75. The van der Waals surface area contributed by atoms with Crippen LogP contribution >= 0.6 is 0 Å². The minimum Gasteiger partial charge on any atom is -0.481 e. The summed E-state index contributed by atoms with van der Waals surface area (Å²) in [5.41, 5.74) is 2.06. The van der Waals surface area contributed by atoms with Crippen molar-refractivity contribution in [1.29, 1.82) is 0 Å². The van der Waals surface area contributed by atoms with Gasteiger partial charge in [-0.15, -0.1) is 0 Å². The lowest BCUT2D eigenvalue weighted by atomic mass is 9.85. The number of carboxylic acids is 1. The van der Waals surface area contributed by atoms with Gasteiger partial charge in [-0.2, -0.15) is 0 Å². The van der Waals surface area contributed by atoms with E-state index in [9.17, 15) is 19.5 Å². The summed E-state index contributed by atoms with van der Waals surface area (Å²) in [4.78, 5) is 35.9. The quantitative estimate of drug-likeness (QED) is 0.596. The van der Waals surface area contributed by atoms with Crippen molar-refractivity contribution in [2.24, 2.45) is 11.3 Å². The molecule has 31 heavy (non-hydrogen) atoms. The highest BCUT2D eigenvalue weighted by molar-refractivity contribution is 5.99. The van der Waals surface area contributed by atoms with E-state index in [1.165, 1.54) is 0 Å². The minimum atomic E-state index is -1.10. The minimum absolute atomic E-state index is 0.0202. The number of carbonyl (C=O) groups is 3. The molecule has 0 radical (unpaired) electrons. The first-order chi connectivity index (χ1) is 14.7. The molecule has 6 heteroatoms. The molecule has 2 aromatic rings. The summed E-state index contributed by atoms with van der Waals surface area (Å²) < 4.78 is 5.33. The van der Waals surface area contributed by atoms with Gasteiger partial charge in [0.1, 0.15) is 0 Å². The molecule has 3 rings (SSSR count). The Morgan fingerprint density at radius 2 is 1.52 bits per heavy atom. The van der Waals surface area contributed by atoms with Gasteiger partial charge in [-0.1, -0.05) is 36.4 Å². The Hall–Kier alpha value is -2.99. The number of nitrogens with one attached hydrogen (secondary N) is 1. The molecule has 2 aromatic carbocycles. The van der Waals surface area contributed by atoms with Crippen LogP contribution in [0, 0.1) is 11.3 Å². The summed E-state index contributed by atoms with van der Waals surface area (Å²) >= 11 is 0. The van der Waals surface area contributed by atoms with Crippen molar-refractivity contribution in [3.8, 4) is 11.1 Å². The van der Waals surface area contributed by atoms with Gasteiger partial charge in [0.25, 0.3) is 0 Å². The Balaban J connectivity index is 1.58. The van der Waals surface area contributed by atoms with Crippen LogP contribution in [0.3, 0.4) is 0 Å². The number of carbonyl (C=O) groups excluding carboxylic acids is 2. The molecule has 1 heterocycles. The van der Waals surface area contributed by atoms with Gasteiger partial charge in [0.15, 0.2) is 5.78 Å². The first-order valence-corrected chi connectivity index (χ1v) is 10.6. The SMILES string of the molecule is CC(C)(CC(=O)c1ccc(-c2ccc(NC(=O)CC3CCOCC3)cc2)cc1)C(=O)O. The predicted octanol–water partition coefficient (Wildman–Crippen LogP) is 4.79. The fourth-order valence-corrected chi connectivity index (χ4v) is 3.60. The van der Waals surface area contributed by atoms with Crippen LogP contribution in [-0.2, 0) is 14.3 Å². The van der Waals surface area contributed by atoms with Crippen molar-refractivity contribution < 1.29 is 24.2 Å². The maximum atomic E-state index is 12.4. The molecule has 0 bridgehead atoms. The van der Waals surface area contributed by atoms with Gasteiger partial charge in [0, 0.05) is 37.3 Å². The fraction of sp³-hybridized carbons (Fsp3) is 0.400.